The standard InChI is InChI=1S/C29H31NO6/c1-17-16-22-26(27(31)23(17)28(32)35-4)25(24(18(2)30-22)29(33)36-15-14-34-3)21-12-10-20(11-13-21)19-8-6-5-7-9-19/h5-13,17,23,25,30H,14-16H2,1-4H3/t17-,23+,25-/m0/s1. The van der Waals surface area contributed by atoms with Gasteiger partial charge in [-0.05, 0) is 36.0 Å². The van der Waals surface area contributed by atoms with E-state index in [0.717, 1.165) is 22.4 Å². The molecule has 0 amide bonds. The number of carbonyl (C=O) groups excluding carboxylic acids is 3. The number of hydrogen-bond donors (Lipinski definition) is 1. The van der Waals surface area contributed by atoms with Crippen LogP contribution < -0.4 is 5.32 Å². The first kappa shape index (κ1) is 25.4. The summed E-state index contributed by atoms with van der Waals surface area (Å²) in [4.78, 5) is 39.6. The molecule has 0 saturated heterocycles. The van der Waals surface area contributed by atoms with E-state index >= 15 is 0 Å². The third kappa shape index (κ3) is 4.84. The van der Waals surface area contributed by atoms with Crippen molar-refractivity contribution in [1.29, 1.82) is 0 Å². The minimum absolute atomic E-state index is 0.0907. The van der Waals surface area contributed by atoms with Crippen LogP contribution in [0.2, 0.25) is 0 Å². The fourth-order valence-electron chi connectivity index (χ4n) is 5.08. The van der Waals surface area contributed by atoms with Crippen LogP contribution in [0.25, 0.3) is 11.1 Å². The number of dihydropyridines is 1. The first-order chi connectivity index (χ1) is 17.4. The number of methoxy groups -OCH3 is 2. The Balaban J connectivity index is 1.80. The van der Waals surface area contributed by atoms with Gasteiger partial charge in [0.25, 0.3) is 0 Å². The number of ketones is 1. The average molecular weight is 490 g/mol. The Morgan fingerprint density at radius 3 is 2.28 bits per heavy atom. The zero-order valence-corrected chi connectivity index (χ0v) is 21.0. The molecule has 4 rings (SSSR count). The molecule has 0 aromatic heterocycles. The van der Waals surface area contributed by atoms with Crippen LogP contribution in [0.15, 0.2) is 77.1 Å². The SMILES string of the molecule is COCCOC(=O)C1=C(C)NC2=C(C(=O)[C@H](C(=O)OC)[C@@H](C)C2)[C@H]1c1ccc(-c2ccccc2)cc1. The van der Waals surface area contributed by atoms with Gasteiger partial charge in [0.05, 0.1) is 19.3 Å². The molecule has 1 N–H and O–H groups in total. The fourth-order valence-corrected chi connectivity index (χ4v) is 5.08. The molecule has 0 saturated carbocycles. The summed E-state index contributed by atoms with van der Waals surface area (Å²) in [7, 11) is 2.82. The Labute approximate surface area is 211 Å². The second kappa shape index (κ2) is 10.9. The summed E-state index contributed by atoms with van der Waals surface area (Å²) in [6, 6.07) is 17.8. The van der Waals surface area contributed by atoms with E-state index in [2.05, 4.69) is 5.32 Å². The zero-order valence-electron chi connectivity index (χ0n) is 21.0. The molecule has 7 heteroatoms. The Morgan fingerprint density at radius 1 is 0.972 bits per heavy atom. The van der Waals surface area contributed by atoms with Crippen molar-refractivity contribution in [2.75, 3.05) is 27.4 Å². The van der Waals surface area contributed by atoms with Crippen molar-refractivity contribution in [3.05, 3.63) is 82.7 Å². The summed E-state index contributed by atoms with van der Waals surface area (Å²) >= 11 is 0. The maximum Gasteiger partial charge on any atom is 0.336 e. The van der Waals surface area contributed by atoms with E-state index in [1.807, 2.05) is 68.4 Å². The highest BCUT2D eigenvalue weighted by Crippen LogP contribution is 2.45. The molecule has 0 bridgehead atoms. The van der Waals surface area contributed by atoms with Gasteiger partial charge in [-0.15, -0.1) is 0 Å². The first-order valence-corrected chi connectivity index (χ1v) is 12.0. The summed E-state index contributed by atoms with van der Waals surface area (Å²) in [5.74, 6) is -3.25. The number of esters is 2. The Morgan fingerprint density at radius 2 is 1.64 bits per heavy atom. The minimum atomic E-state index is -0.925. The van der Waals surface area contributed by atoms with Crippen LogP contribution in [0.5, 0.6) is 0 Å². The Hall–Kier alpha value is -3.71. The van der Waals surface area contributed by atoms with E-state index in [4.69, 9.17) is 14.2 Å². The molecule has 3 atom stereocenters. The van der Waals surface area contributed by atoms with Gasteiger partial charge in [0.1, 0.15) is 12.5 Å². The number of carbonyl (C=O) groups is 3. The van der Waals surface area contributed by atoms with Gasteiger partial charge in [0.2, 0.25) is 0 Å². The van der Waals surface area contributed by atoms with Gasteiger partial charge in [-0.1, -0.05) is 61.5 Å². The normalized spacial score (nSPS) is 21.6. The lowest BCUT2D eigenvalue weighted by Crippen LogP contribution is -2.43. The summed E-state index contributed by atoms with van der Waals surface area (Å²) in [6.45, 7) is 4.02. The van der Waals surface area contributed by atoms with Gasteiger partial charge >= 0.3 is 11.9 Å². The molecule has 0 radical (unpaired) electrons. The highest BCUT2D eigenvalue weighted by atomic mass is 16.6. The van der Waals surface area contributed by atoms with Crippen LogP contribution in [0.3, 0.4) is 0 Å². The Kier molecular flexibility index (Phi) is 7.70. The number of hydrogen-bond acceptors (Lipinski definition) is 7. The van der Waals surface area contributed by atoms with Crippen molar-refractivity contribution in [2.45, 2.75) is 26.2 Å². The summed E-state index contributed by atoms with van der Waals surface area (Å²) < 4.78 is 15.5. The Bertz CT molecular complexity index is 1210. The molecule has 0 fully saturated rings. The van der Waals surface area contributed by atoms with Crippen LogP contribution in [-0.2, 0) is 28.6 Å². The third-order valence-electron chi connectivity index (χ3n) is 6.83. The van der Waals surface area contributed by atoms with E-state index < -0.39 is 23.8 Å². The molecule has 2 aliphatic rings. The van der Waals surface area contributed by atoms with Crippen LogP contribution in [0, 0.1) is 11.8 Å². The predicted octanol–water partition coefficient (Wildman–Crippen LogP) is 4.16. The van der Waals surface area contributed by atoms with Crippen molar-refractivity contribution in [1.82, 2.24) is 5.32 Å². The van der Waals surface area contributed by atoms with Crippen molar-refractivity contribution in [3.8, 4) is 11.1 Å². The largest absolute Gasteiger partial charge is 0.468 e. The maximum atomic E-state index is 13.8. The van der Waals surface area contributed by atoms with Gasteiger partial charge in [-0.2, -0.15) is 0 Å². The molecule has 7 nitrogen and oxygen atoms in total. The predicted molar refractivity (Wildman–Crippen MR) is 135 cm³/mol. The second-order valence-corrected chi connectivity index (χ2v) is 9.15. The lowest BCUT2D eigenvalue weighted by atomic mass is 9.69. The lowest BCUT2D eigenvalue weighted by Gasteiger charge is -2.38. The van der Waals surface area contributed by atoms with E-state index in [-0.39, 0.29) is 24.9 Å². The number of rotatable bonds is 7. The molecule has 2 aromatic carbocycles. The van der Waals surface area contributed by atoms with Gasteiger partial charge in [0.15, 0.2) is 5.78 Å². The third-order valence-corrected chi connectivity index (χ3v) is 6.83. The smallest absolute Gasteiger partial charge is 0.336 e. The molecule has 0 spiro atoms. The van der Waals surface area contributed by atoms with Gasteiger partial charge in [-0.25, -0.2) is 4.79 Å². The lowest BCUT2D eigenvalue weighted by molar-refractivity contribution is -0.151. The van der Waals surface area contributed by atoms with E-state index in [1.54, 1.807) is 0 Å². The first-order valence-electron chi connectivity index (χ1n) is 12.0. The molecule has 36 heavy (non-hydrogen) atoms. The summed E-state index contributed by atoms with van der Waals surface area (Å²) in [5, 5.41) is 3.27. The molecular formula is C29H31NO6. The molecule has 188 valence electrons. The zero-order chi connectivity index (χ0) is 25.8. The van der Waals surface area contributed by atoms with Gasteiger partial charge < -0.3 is 19.5 Å². The quantitative estimate of drug-likeness (QED) is 0.355. The highest BCUT2D eigenvalue weighted by Gasteiger charge is 2.47. The van der Waals surface area contributed by atoms with Crippen LogP contribution in [-0.4, -0.2) is 45.2 Å². The molecule has 2 aromatic rings. The maximum absolute atomic E-state index is 13.8. The van der Waals surface area contributed by atoms with Crippen LogP contribution in [0.4, 0.5) is 0 Å². The van der Waals surface area contributed by atoms with Gasteiger partial charge in [0, 0.05) is 30.0 Å². The summed E-state index contributed by atoms with van der Waals surface area (Å²) in [6.07, 6.45) is 0.489. The average Bonchev–Trinajstić information content (AvgIpc) is 2.88. The van der Waals surface area contributed by atoms with Crippen molar-refractivity contribution in [2.24, 2.45) is 11.8 Å². The van der Waals surface area contributed by atoms with Crippen LogP contribution in [0.1, 0.15) is 31.7 Å². The molecule has 1 heterocycles. The van der Waals surface area contributed by atoms with Crippen molar-refractivity contribution >= 4 is 17.7 Å². The highest BCUT2D eigenvalue weighted by molar-refractivity contribution is 6.12. The molecule has 1 aliphatic heterocycles. The summed E-state index contributed by atoms with van der Waals surface area (Å²) in [5.41, 5.74) is 4.98. The number of nitrogens with one attached hydrogen (secondary N) is 1. The van der Waals surface area contributed by atoms with E-state index in [0.29, 0.717) is 23.3 Å². The molecular weight excluding hydrogens is 458 g/mol. The minimum Gasteiger partial charge on any atom is -0.468 e. The second-order valence-electron chi connectivity index (χ2n) is 9.15. The number of allylic oxidation sites excluding steroid dienone is 3. The number of Topliss-reactive ketones (excluding diaryl/α,β-unsaturated/α-hetero) is 1. The molecule has 1 aliphatic carbocycles. The number of ether oxygens (including phenoxy) is 3. The van der Waals surface area contributed by atoms with Crippen molar-refractivity contribution < 1.29 is 28.6 Å². The van der Waals surface area contributed by atoms with E-state index in [1.165, 1.54) is 14.2 Å². The topological polar surface area (TPSA) is 90.9 Å². The van der Waals surface area contributed by atoms with Gasteiger partial charge in [-0.3, -0.25) is 9.59 Å². The van der Waals surface area contributed by atoms with Crippen molar-refractivity contribution in [3.63, 3.8) is 0 Å². The number of benzene rings is 2. The molecule has 0 unspecified atom stereocenters. The monoisotopic (exact) mass is 489 g/mol. The fraction of sp³-hybridized carbons (Fsp3) is 0.345. The van der Waals surface area contributed by atoms with E-state index in [9.17, 15) is 14.4 Å². The van der Waals surface area contributed by atoms with Crippen LogP contribution >= 0.6 is 0 Å².